The number of nitrogens with one attached hydrogen (secondary N) is 1. The van der Waals surface area contributed by atoms with Crippen molar-refractivity contribution in [3.05, 3.63) is 76.3 Å². The second-order valence-corrected chi connectivity index (χ2v) is 8.51. The van der Waals surface area contributed by atoms with Gasteiger partial charge >= 0.3 is 0 Å². The molecule has 32 heavy (non-hydrogen) atoms. The molecule has 9 heteroatoms. The lowest BCUT2D eigenvalue weighted by atomic mass is 10.1. The van der Waals surface area contributed by atoms with Gasteiger partial charge in [0.25, 0.3) is 0 Å². The number of benzene rings is 3. The predicted molar refractivity (Wildman–Crippen MR) is 135 cm³/mol. The summed E-state index contributed by atoms with van der Waals surface area (Å²) in [5.74, 6) is 0.643. The molecule has 0 aliphatic rings. The maximum atomic E-state index is 10.7. The van der Waals surface area contributed by atoms with Gasteiger partial charge in [0.15, 0.2) is 5.11 Å². The van der Waals surface area contributed by atoms with E-state index in [2.05, 4.69) is 15.1 Å². The normalized spacial score (nSPS) is 12.5. The number of hydrazone groups is 1. The van der Waals surface area contributed by atoms with Crippen LogP contribution in [0.1, 0.15) is 5.56 Å². The van der Waals surface area contributed by atoms with Gasteiger partial charge in [0.05, 0.1) is 12.8 Å². The van der Waals surface area contributed by atoms with Crippen molar-refractivity contribution in [3.8, 4) is 5.75 Å². The van der Waals surface area contributed by atoms with Gasteiger partial charge in [0.2, 0.25) is 0 Å². The average Bonchev–Trinajstić information content (AvgIpc) is 3.05. The van der Waals surface area contributed by atoms with Gasteiger partial charge in [-0.25, -0.2) is 0 Å². The first-order valence-electron chi connectivity index (χ1n) is 9.77. The van der Waals surface area contributed by atoms with E-state index >= 15 is 0 Å². The molecule has 0 aliphatic heterocycles. The average molecular weight is 487 g/mol. The summed E-state index contributed by atoms with van der Waals surface area (Å²) in [6, 6.07) is 18.7. The molecule has 4 N–H and O–H groups in total. The molecule has 0 bridgehead atoms. The van der Waals surface area contributed by atoms with Crippen molar-refractivity contribution >= 4 is 68.6 Å². The van der Waals surface area contributed by atoms with E-state index in [0.29, 0.717) is 22.3 Å². The number of fused-ring (bicyclic) bond motifs is 3. The summed E-state index contributed by atoms with van der Waals surface area (Å²) in [7, 11) is 0. The highest BCUT2D eigenvalue weighted by atomic mass is 35.5. The van der Waals surface area contributed by atoms with Crippen molar-refractivity contribution in [3.63, 3.8) is 0 Å². The summed E-state index contributed by atoms with van der Waals surface area (Å²) in [5, 5.41) is 18.0. The van der Waals surface area contributed by atoms with Crippen molar-refractivity contribution < 1.29 is 9.84 Å². The summed E-state index contributed by atoms with van der Waals surface area (Å²) in [5.41, 5.74) is 10.6. The van der Waals surface area contributed by atoms with Crippen LogP contribution in [0.3, 0.4) is 0 Å². The first-order valence-corrected chi connectivity index (χ1v) is 10.9. The van der Waals surface area contributed by atoms with Crippen LogP contribution in [0, 0.1) is 0 Å². The van der Waals surface area contributed by atoms with Crippen LogP contribution >= 0.6 is 35.4 Å². The molecule has 1 unspecified atom stereocenters. The molecule has 0 amide bonds. The molecule has 1 aromatic heterocycles. The number of halogens is 2. The monoisotopic (exact) mass is 486 g/mol. The highest BCUT2D eigenvalue weighted by molar-refractivity contribution is 7.80. The molecule has 4 aromatic rings. The standard InChI is InChI=1S/C23H20Cl2N4O2S/c24-15-3-7-21-19(9-15)20-10-16(25)4-8-22(20)29(21)12-17(30)13-31-18-5-1-14(2-6-18)11-27-28-23(26)32/h1-11,17,30H,12-13H2,(H3,26,28,32)/b27-11+. The molecule has 1 atom stereocenters. The number of nitrogens with zero attached hydrogens (tertiary/aromatic N) is 2. The summed E-state index contributed by atoms with van der Waals surface area (Å²) < 4.78 is 7.83. The van der Waals surface area contributed by atoms with E-state index in [4.69, 9.17) is 45.9 Å². The highest BCUT2D eigenvalue weighted by Gasteiger charge is 2.15. The van der Waals surface area contributed by atoms with E-state index in [-0.39, 0.29) is 11.7 Å². The molecule has 164 valence electrons. The lowest BCUT2D eigenvalue weighted by Crippen LogP contribution is -2.24. The summed E-state index contributed by atoms with van der Waals surface area (Å²) in [6.45, 7) is 0.497. The van der Waals surface area contributed by atoms with Gasteiger partial charge in [0, 0.05) is 31.9 Å². The second-order valence-electron chi connectivity index (χ2n) is 7.20. The summed E-state index contributed by atoms with van der Waals surface area (Å²) in [6.07, 6.45) is 0.870. The third-order valence-corrected chi connectivity index (χ3v) is 5.45. The Balaban J connectivity index is 1.47. The quantitative estimate of drug-likeness (QED) is 0.200. The third-order valence-electron chi connectivity index (χ3n) is 4.89. The second kappa shape index (κ2) is 9.75. The van der Waals surface area contributed by atoms with Crippen LogP contribution in [0.5, 0.6) is 5.75 Å². The Kier molecular flexibility index (Phi) is 6.81. The number of ether oxygens (including phenoxy) is 1. The molecule has 6 nitrogen and oxygen atoms in total. The minimum atomic E-state index is -0.726. The maximum Gasteiger partial charge on any atom is 0.184 e. The van der Waals surface area contributed by atoms with Crippen LogP contribution in [0.2, 0.25) is 10.0 Å². The minimum absolute atomic E-state index is 0.102. The van der Waals surface area contributed by atoms with E-state index < -0.39 is 6.10 Å². The lowest BCUT2D eigenvalue weighted by molar-refractivity contribution is 0.0945. The number of rotatable bonds is 7. The van der Waals surface area contributed by atoms with E-state index in [1.165, 1.54) is 0 Å². The molecular weight excluding hydrogens is 467 g/mol. The Labute approximate surface area is 200 Å². The molecule has 3 aromatic carbocycles. The third kappa shape index (κ3) is 5.14. The minimum Gasteiger partial charge on any atom is -0.491 e. The summed E-state index contributed by atoms with van der Waals surface area (Å²) in [4.78, 5) is 0. The number of nitrogens with two attached hydrogens (primary N) is 1. The van der Waals surface area contributed by atoms with E-state index in [9.17, 15) is 5.11 Å². The van der Waals surface area contributed by atoms with E-state index in [1.54, 1.807) is 18.3 Å². The number of hydrogen-bond donors (Lipinski definition) is 3. The van der Waals surface area contributed by atoms with Crippen molar-refractivity contribution in [2.75, 3.05) is 6.61 Å². The topological polar surface area (TPSA) is 84.8 Å². The Morgan fingerprint density at radius 3 is 2.22 bits per heavy atom. The van der Waals surface area contributed by atoms with Gasteiger partial charge in [-0.15, -0.1) is 0 Å². The number of aromatic nitrogens is 1. The number of aliphatic hydroxyl groups excluding tert-OH is 1. The van der Waals surface area contributed by atoms with Gasteiger partial charge in [0.1, 0.15) is 18.5 Å². The van der Waals surface area contributed by atoms with Crippen LogP contribution < -0.4 is 15.9 Å². The van der Waals surface area contributed by atoms with Crippen molar-refractivity contribution in [1.29, 1.82) is 0 Å². The van der Waals surface area contributed by atoms with Gasteiger partial charge in [-0.2, -0.15) is 5.10 Å². The van der Waals surface area contributed by atoms with Gasteiger partial charge in [-0.05, 0) is 78.4 Å². The molecule has 0 aliphatic carbocycles. The molecule has 0 spiro atoms. The SMILES string of the molecule is NC(=S)N/N=C/c1ccc(OCC(O)Cn2c3ccc(Cl)cc3c3cc(Cl)ccc32)cc1. The largest absolute Gasteiger partial charge is 0.491 e. The molecular formula is C23H20Cl2N4O2S. The maximum absolute atomic E-state index is 10.7. The van der Waals surface area contributed by atoms with E-state index in [0.717, 1.165) is 27.4 Å². The summed E-state index contributed by atoms with van der Waals surface area (Å²) >= 11 is 17.1. The Morgan fingerprint density at radius 1 is 1.06 bits per heavy atom. The Morgan fingerprint density at radius 2 is 1.66 bits per heavy atom. The van der Waals surface area contributed by atoms with Crippen LogP contribution in [0.4, 0.5) is 0 Å². The fourth-order valence-electron chi connectivity index (χ4n) is 3.52. The van der Waals surface area contributed by atoms with Gasteiger partial charge < -0.3 is 20.1 Å². The lowest BCUT2D eigenvalue weighted by Gasteiger charge is -2.15. The van der Waals surface area contributed by atoms with Crippen molar-refractivity contribution in [1.82, 2.24) is 9.99 Å². The zero-order valence-corrected chi connectivity index (χ0v) is 19.2. The molecule has 0 saturated heterocycles. The van der Waals surface area contributed by atoms with Crippen LogP contribution in [-0.2, 0) is 6.54 Å². The predicted octanol–water partition coefficient (Wildman–Crippen LogP) is 4.71. The number of thiocarbonyl (C=S) groups is 1. The Hall–Kier alpha value is -2.84. The molecule has 0 fully saturated rings. The highest BCUT2D eigenvalue weighted by Crippen LogP contribution is 2.33. The van der Waals surface area contributed by atoms with Crippen LogP contribution in [0.15, 0.2) is 65.8 Å². The first-order chi connectivity index (χ1) is 15.4. The number of aliphatic hydroxyl groups is 1. The molecule has 0 saturated carbocycles. The smallest absolute Gasteiger partial charge is 0.184 e. The van der Waals surface area contributed by atoms with Crippen LogP contribution in [-0.4, -0.2) is 33.7 Å². The van der Waals surface area contributed by atoms with Gasteiger partial charge in [-0.3, -0.25) is 5.43 Å². The molecule has 4 rings (SSSR count). The zero-order chi connectivity index (χ0) is 22.7. The van der Waals surface area contributed by atoms with Gasteiger partial charge in [-0.1, -0.05) is 23.2 Å². The fraction of sp³-hybridized carbons (Fsp3) is 0.130. The molecule has 1 heterocycles. The van der Waals surface area contributed by atoms with Crippen LogP contribution in [0.25, 0.3) is 21.8 Å². The zero-order valence-electron chi connectivity index (χ0n) is 16.8. The van der Waals surface area contributed by atoms with Crippen molar-refractivity contribution in [2.45, 2.75) is 12.6 Å². The van der Waals surface area contributed by atoms with E-state index in [1.807, 2.05) is 48.5 Å². The first kappa shape index (κ1) is 22.4. The fourth-order valence-corrected chi connectivity index (χ4v) is 3.92. The molecule has 0 radical (unpaired) electrons. The number of hydrogen-bond acceptors (Lipinski definition) is 4. The Bertz CT molecular complexity index is 1250. The van der Waals surface area contributed by atoms with Crippen molar-refractivity contribution in [2.24, 2.45) is 10.8 Å².